The third-order valence-corrected chi connectivity index (χ3v) is 6.09. The van der Waals surface area contributed by atoms with Crippen molar-refractivity contribution in [3.63, 3.8) is 0 Å². The topological polar surface area (TPSA) is 76.6 Å². The van der Waals surface area contributed by atoms with Crippen molar-refractivity contribution in [2.75, 3.05) is 32.2 Å². The molecule has 9 heteroatoms. The summed E-state index contributed by atoms with van der Waals surface area (Å²) in [5.74, 6) is 2.12. The first kappa shape index (κ1) is 19.7. The highest BCUT2D eigenvalue weighted by atomic mass is 35.5. The summed E-state index contributed by atoms with van der Waals surface area (Å²) in [5.41, 5.74) is 2.74. The third-order valence-electron chi connectivity index (χ3n) is 4.96. The average molecular weight is 433 g/mol. The number of carbonyl (C=O) groups excluding carboxylic acids is 1. The molecule has 0 radical (unpaired) electrons. The Morgan fingerprint density at radius 1 is 1.28 bits per heavy atom. The lowest BCUT2D eigenvalue weighted by Gasteiger charge is -2.18. The van der Waals surface area contributed by atoms with Crippen LogP contribution in [0.3, 0.4) is 0 Å². The van der Waals surface area contributed by atoms with Crippen molar-refractivity contribution in [2.45, 2.75) is 19.4 Å². The van der Waals surface area contributed by atoms with Gasteiger partial charge in [0.25, 0.3) is 0 Å². The minimum Gasteiger partial charge on any atom is -0.493 e. The molecular formula is C20H21ClN4O3S. The van der Waals surface area contributed by atoms with Crippen LogP contribution >= 0.6 is 22.9 Å². The first-order valence-electron chi connectivity index (χ1n) is 9.19. The van der Waals surface area contributed by atoms with E-state index in [1.54, 1.807) is 25.6 Å². The molecule has 3 aromatic rings. The molecule has 7 nitrogen and oxygen atoms in total. The number of aromatic nitrogens is 2. The number of thiophene rings is 1. The second-order valence-corrected chi connectivity index (χ2v) is 8.06. The van der Waals surface area contributed by atoms with E-state index in [1.165, 1.54) is 6.92 Å². The standard InChI is InChI=1S/C20H21ClN4O3S/c1-11(26)22-13-6-7-25(9-13)19-18-17(23-20(21)24-19)14(10-29-18)12-4-5-15(27-2)16(8-12)28-3/h4-5,8,10,13H,6-7,9H2,1-3H3,(H,22,26)/t13-/m1/s1. The number of nitrogens with one attached hydrogen (secondary N) is 1. The second-order valence-electron chi connectivity index (χ2n) is 6.85. The summed E-state index contributed by atoms with van der Waals surface area (Å²) in [6.45, 7) is 3.04. The van der Waals surface area contributed by atoms with Crippen LogP contribution in [0.25, 0.3) is 21.3 Å². The molecule has 1 amide bonds. The number of fused-ring (bicyclic) bond motifs is 1. The van der Waals surface area contributed by atoms with Crippen LogP contribution in [-0.4, -0.2) is 49.2 Å². The number of carbonyl (C=O) groups is 1. The smallest absolute Gasteiger partial charge is 0.224 e. The largest absolute Gasteiger partial charge is 0.493 e. The molecule has 0 bridgehead atoms. The summed E-state index contributed by atoms with van der Waals surface area (Å²) in [5, 5.41) is 5.24. The number of ether oxygens (including phenoxy) is 2. The van der Waals surface area contributed by atoms with Gasteiger partial charge in [0.05, 0.1) is 24.4 Å². The molecule has 0 saturated carbocycles. The Morgan fingerprint density at radius 3 is 2.79 bits per heavy atom. The van der Waals surface area contributed by atoms with E-state index >= 15 is 0 Å². The van der Waals surface area contributed by atoms with Crippen LogP contribution < -0.4 is 19.7 Å². The van der Waals surface area contributed by atoms with Gasteiger partial charge < -0.3 is 19.7 Å². The molecule has 1 aliphatic rings. The fourth-order valence-electron chi connectivity index (χ4n) is 3.66. The number of hydrogen-bond donors (Lipinski definition) is 1. The van der Waals surface area contributed by atoms with Gasteiger partial charge in [0.15, 0.2) is 17.3 Å². The maximum Gasteiger partial charge on any atom is 0.224 e. The van der Waals surface area contributed by atoms with E-state index in [0.29, 0.717) is 18.0 Å². The van der Waals surface area contributed by atoms with Crippen molar-refractivity contribution in [2.24, 2.45) is 0 Å². The number of rotatable bonds is 5. The summed E-state index contributed by atoms with van der Waals surface area (Å²) < 4.78 is 11.7. The zero-order valence-electron chi connectivity index (χ0n) is 16.4. The first-order valence-corrected chi connectivity index (χ1v) is 10.4. The molecule has 3 heterocycles. The van der Waals surface area contributed by atoms with Gasteiger partial charge in [-0.15, -0.1) is 11.3 Å². The Labute approximate surface area is 177 Å². The fourth-order valence-corrected chi connectivity index (χ4v) is 4.85. The van der Waals surface area contributed by atoms with E-state index in [1.807, 2.05) is 18.2 Å². The predicted octanol–water partition coefficient (Wildman–Crippen LogP) is 3.74. The molecule has 1 N–H and O–H groups in total. The lowest BCUT2D eigenvalue weighted by Crippen LogP contribution is -2.35. The summed E-state index contributed by atoms with van der Waals surface area (Å²) in [6, 6.07) is 5.89. The number of hydrogen-bond acceptors (Lipinski definition) is 7. The summed E-state index contributed by atoms with van der Waals surface area (Å²) in [6.07, 6.45) is 0.872. The van der Waals surface area contributed by atoms with Crippen molar-refractivity contribution < 1.29 is 14.3 Å². The van der Waals surface area contributed by atoms with Gasteiger partial charge in [-0.25, -0.2) is 4.98 Å². The maximum absolute atomic E-state index is 11.4. The zero-order chi connectivity index (χ0) is 20.5. The highest BCUT2D eigenvalue weighted by Gasteiger charge is 2.27. The molecule has 1 fully saturated rings. The van der Waals surface area contributed by atoms with Crippen molar-refractivity contribution in [3.05, 3.63) is 28.9 Å². The Balaban J connectivity index is 1.74. The normalized spacial score (nSPS) is 16.3. The van der Waals surface area contributed by atoms with E-state index in [9.17, 15) is 4.79 Å². The molecule has 152 valence electrons. The van der Waals surface area contributed by atoms with Crippen LogP contribution in [0, 0.1) is 0 Å². The average Bonchev–Trinajstić information content (AvgIpc) is 3.33. The number of nitrogens with zero attached hydrogens (tertiary/aromatic N) is 3. The monoisotopic (exact) mass is 432 g/mol. The van der Waals surface area contributed by atoms with Crippen molar-refractivity contribution >= 4 is 44.9 Å². The lowest BCUT2D eigenvalue weighted by molar-refractivity contribution is -0.119. The van der Waals surface area contributed by atoms with E-state index in [4.69, 9.17) is 21.1 Å². The number of methoxy groups -OCH3 is 2. The van der Waals surface area contributed by atoms with Crippen LogP contribution in [0.5, 0.6) is 11.5 Å². The second kappa shape index (κ2) is 8.04. The van der Waals surface area contributed by atoms with Gasteiger partial charge in [0.1, 0.15) is 0 Å². The number of halogens is 1. The molecular weight excluding hydrogens is 412 g/mol. The Bertz CT molecular complexity index is 1070. The molecule has 1 atom stereocenters. The minimum atomic E-state index is -0.0189. The molecule has 4 rings (SSSR count). The van der Waals surface area contributed by atoms with Crippen molar-refractivity contribution in [1.29, 1.82) is 0 Å². The van der Waals surface area contributed by atoms with Crippen LogP contribution in [0.1, 0.15) is 13.3 Å². The summed E-state index contributed by atoms with van der Waals surface area (Å²) in [4.78, 5) is 22.5. The lowest BCUT2D eigenvalue weighted by atomic mass is 10.1. The van der Waals surface area contributed by atoms with E-state index < -0.39 is 0 Å². The molecule has 0 aliphatic carbocycles. The molecule has 0 unspecified atom stereocenters. The van der Waals surface area contributed by atoms with Crippen LogP contribution in [0.2, 0.25) is 5.28 Å². The van der Waals surface area contributed by atoms with Gasteiger partial charge >= 0.3 is 0 Å². The van der Waals surface area contributed by atoms with Crippen molar-refractivity contribution in [1.82, 2.24) is 15.3 Å². The van der Waals surface area contributed by atoms with Crippen LogP contribution in [0.4, 0.5) is 5.82 Å². The van der Waals surface area contributed by atoms with Crippen LogP contribution in [0.15, 0.2) is 23.6 Å². The fraction of sp³-hybridized carbons (Fsp3) is 0.350. The third kappa shape index (κ3) is 3.82. The zero-order valence-corrected chi connectivity index (χ0v) is 17.9. The van der Waals surface area contributed by atoms with Gasteiger partial charge in [-0.2, -0.15) is 4.98 Å². The van der Waals surface area contributed by atoms with Crippen LogP contribution in [-0.2, 0) is 4.79 Å². The number of benzene rings is 1. The maximum atomic E-state index is 11.4. The van der Waals surface area contributed by atoms with Gasteiger partial charge in [-0.05, 0) is 35.7 Å². The molecule has 0 spiro atoms. The van der Waals surface area contributed by atoms with E-state index in [0.717, 1.165) is 40.1 Å². The Kier molecular flexibility index (Phi) is 5.47. The van der Waals surface area contributed by atoms with Crippen molar-refractivity contribution in [3.8, 4) is 22.6 Å². The highest BCUT2D eigenvalue weighted by Crippen LogP contribution is 2.41. The van der Waals surface area contributed by atoms with E-state index in [2.05, 4.69) is 25.6 Å². The van der Waals surface area contributed by atoms with Gasteiger partial charge in [0.2, 0.25) is 11.2 Å². The number of anilines is 1. The quantitative estimate of drug-likeness (QED) is 0.619. The SMILES string of the molecule is COc1ccc(-c2csc3c(N4CC[C@@H](NC(C)=O)C4)nc(Cl)nc23)cc1OC. The first-order chi connectivity index (χ1) is 14.0. The minimum absolute atomic E-state index is 0.0189. The molecule has 29 heavy (non-hydrogen) atoms. The van der Waals surface area contributed by atoms with Gasteiger partial charge in [-0.1, -0.05) is 6.07 Å². The molecule has 1 aliphatic heterocycles. The molecule has 1 saturated heterocycles. The highest BCUT2D eigenvalue weighted by molar-refractivity contribution is 7.18. The Hall–Kier alpha value is -2.58. The predicted molar refractivity (Wildman–Crippen MR) is 115 cm³/mol. The van der Waals surface area contributed by atoms with Gasteiger partial charge in [-0.3, -0.25) is 4.79 Å². The summed E-state index contributed by atoms with van der Waals surface area (Å²) in [7, 11) is 3.23. The molecule has 1 aromatic carbocycles. The summed E-state index contributed by atoms with van der Waals surface area (Å²) >= 11 is 7.87. The Morgan fingerprint density at radius 2 is 2.07 bits per heavy atom. The van der Waals surface area contributed by atoms with Gasteiger partial charge in [0, 0.05) is 37.0 Å². The van der Waals surface area contributed by atoms with E-state index in [-0.39, 0.29) is 17.2 Å². The number of amides is 1. The molecule has 2 aromatic heterocycles.